The molecule has 2 aromatic rings. The summed E-state index contributed by atoms with van der Waals surface area (Å²) in [5.41, 5.74) is 4.11. The van der Waals surface area contributed by atoms with E-state index in [2.05, 4.69) is 61.4 Å². The second-order valence-corrected chi connectivity index (χ2v) is 12.9. The second kappa shape index (κ2) is 14.7. The molecule has 1 aromatic carbocycles. The van der Waals surface area contributed by atoms with E-state index in [0.717, 1.165) is 71.9 Å². The Labute approximate surface area is 257 Å². The predicted octanol–water partition coefficient (Wildman–Crippen LogP) is 4.28. The van der Waals surface area contributed by atoms with Crippen LogP contribution in [0.15, 0.2) is 46.2 Å². The van der Waals surface area contributed by atoms with Gasteiger partial charge in [-0.2, -0.15) is 13.1 Å². The number of likely N-dealkylation sites (tertiary alicyclic amines) is 2. The van der Waals surface area contributed by atoms with E-state index in [-0.39, 0.29) is 11.4 Å². The van der Waals surface area contributed by atoms with Crippen LogP contribution in [0.1, 0.15) is 66.7 Å². The fraction of sp³-hybridized carbons (Fsp3) is 0.552. The molecule has 2 aliphatic heterocycles. The Balaban J connectivity index is 0.000000730. The number of oxime groups is 1. The first kappa shape index (κ1) is 33.9. The predicted molar refractivity (Wildman–Crippen MR) is 164 cm³/mol. The molecule has 4 rings (SSSR count). The van der Waals surface area contributed by atoms with Gasteiger partial charge in [-0.1, -0.05) is 33.2 Å². The van der Waals surface area contributed by atoms with Crippen molar-refractivity contribution in [1.82, 2.24) is 9.80 Å². The number of hydrogen-bond donors (Lipinski definition) is 1. The van der Waals surface area contributed by atoms with Gasteiger partial charge in [0.2, 0.25) is 5.69 Å². The Morgan fingerprint density at radius 2 is 1.71 bits per heavy atom. The van der Waals surface area contributed by atoms with Gasteiger partial charge in [-0.15, -0.1) is 0 Å². The van der Waals surface area contributed by atoms with Gasteiger partial charge in [0, 0.05) is 42.0 Å². The lowest BCUT2D eigenvalue weighted by atomic mass is 9.82. The van der Waals surface area contributed by atoms with Crippen LogP contribution < -0.4 is 4.73 Å². The van der Waals surface area contributed by atoms with Crippen molar-refractivity contribution in [1.29, 1.82) is 0 Å². The lowest BCUT2D eigenvalue weighted by Crippen LogP contribution is -2.57. The van der Waals surface area contributed by atoms with E-state index >= 15 is 0 Å². The van der Waals surface area contributed by atoms with Crippen LogP contribution in [-0.4, -0.2) is 79.8 Å². The highest BCUT2D eigenvalue weighted by atomic mass is 79.9. The third-order valence-corrected chi connectivity index (χ3v) is 9.13. The zero-order valence-electron chi connectivity index (χ0n) is 24.9. The molecule has 232 valence electrons. The molecule has 1 amide bonds. The van der Waals surface area contributed by atoms with Crippen molar-refractivity contribution in [3.8, 4) is 0 Å². The molecule has 2 fully saturated rings. The molecule has 42 heavy (non-hydrogen) atoms. The highest BCUT2D eigenvalue weighted by Gasteiger charge is 2.40. The molecule has 0 bridgehead atoms. The lowest BCUT2D eigenvalue weighted by Gasteiger charge is -2.49. The van der Waals surface area contributed by atoms with Crippen molar-refractivity contribution < 1.29 is 31.5 Å². The van der Waals surface area contributed by atoms with Crippen LogP contribution in [0.5, 0.6) is 0 Å². The Morgan fingerprint density at radius 3 is 2.24 bits per heavy atom. The average molecular weight is 670 g/mol. The number of piperidine rings is 2. The molecule has 13 heteroatoms. The minimum absolute atomic E-state index is 0.0257. The molecule has 1 N–H and O–H groups in total. The molecular weight excluding hydrogens is 628 g/mol. The minimum atomic E-state index is -4.16. The van der Waals surface area contributed by atoms with Gasteiger partial charge in [-0.05, 0) is 82.8 Å². The quantitative estimate of drug-likeness (QED) is 0.152. The molecule has 2 aliphatic rings. The third-order valence-electron chi connectivity index (χ3n) is 8.18. The monoisotopic (exact) mass is 668 g/mol. The van der Waals surface area contributed by atoms with Crippen LogP contribution in [-0.2, 0) is 19.4 Å². The van der Waals surface area contributed by atoms with Crippen LogP contribution in [0.3, 0.4) is 0 Å². The SMILES string of the molecule is CCO/N=C(/c1ccc(Br)cc1)C1CCN(C2(C)CCN(C(=O)c3c(C)cc[n+]([O-])c3C)CC2)CC1.COS(=O)(=O)O. The van der Waals surface area contributed by atoms with Gasteiger partial charge in [0.15, 0.2) is 6.20 Å². The van der Waals surface area contributed by atoms with Crippen LogP contribution >= 0.6 is 15.9 Å². The number of aromatic nitrogens is 1. The molecule has 2 saturated heterocycles. The Hall–Kier alpha value is -2.58. The molecular formula is C29H41BrN4O7S. The van der Waals surface area contributed by atoms with Gasteiger partial charge in [0.05, 0.1) is 12.8 Å². The van der Waals surface area contributed by atoms with E-state index in [1.807, 2.05) is 18.7 Å². The first-order valence-corrected chi connectivity index (χ1v) is 16.2. The fourth-order valence-electron chi connectivity index (χ4n) is 5.57. The van der Waals surface area contributed by atoms with E-state index in [9.17, 15) is 18.4 Å². The number of amides is 1. The van der Waals surface area contributed by atoms with Gasteiger partial charge < -0.3 is 14.9 Å². The number of carbonyl (C=O) groups excluding carboxylic acids is 1. The summed E-state index contributed by atoms with van der Waals surface area (Å²) < 4.78 is 31.6. The van der Waals surface area contributed by atoms with Gasteiger partial charge in [0.1, 0.15) is 12.2 Å². The zero-order chi connectivity index (χ0) is 31.1. The molecule has 11 nitrogen and oxygen atoms in total. The molecule has 3 heterocycles. The van der Waals surface area contributed by atoms with Crippen LogP contribution in [0.25, 0.3) is 0 Å². The van der Waals surface area contributed by atoms with Crippen molar-refractivity contribution in [3.63, 3.8) is 0 Å². The third kappa shape index (κ3) is 8.73. The number of pyridine rings is 1. The van der Waals surface area contributed by atoms with E-state index in [1.54, 1.807) is 13.0 Å². The summed E-state index contributed by atoms with van der Waals surface area (Å²) in [6, 6.07) is 10.0. The van der Waals surface area contributed by atoms with Crippen molar-refractivity contribution >= 4 is 37.9 Å². The van der Waals surface area contributed by atoms with Crippen LogP contribution in [0.2, 0.25) is 0 Å². The number of nitrogens with zero attached hydrogens (tertiary/aromatic N) is 4. The van der Waals surface area contributed by atoms with Gasteiger partial charge >= 0.3 is 10.4 Å². The number of hydrogen-bond acceptors (Lipinski definition) is 8. The smallest absolute Gasteiger partial charge is 0.397 e. The maximum atomic E-state index is 13.3. The van der Waals surface area contributed by atoms with E-state index in [0.29, 0.717) is 36.9 Å². The summed E-state index contributed by atoms with van der Waals surface area (Å²) >= 11 is 3.52. The number of rotatable bonds is 7. The summed E-state index contributed by atoms with van der Waals surface area (Å²) in [5, 5.41) is 16.6. The summed E-state index contributed by atoms with van der Waals surface area (Å²) in [6.07, 6.45) is 5.40. The maximum absolute atomic E-state index is 13.3. The van der Waals surface area contributed by atoms with E-state index < -0.39 is 10.4 Å². The normalized spacial score (nSPS) is 18.3. The number of aryl methyl sites for hydroxylation is 1. The Bertz CT molecular complexity index is 1350. The zero-order valence-corrected chi connectivity index (χ0v) is 27.3. The highest BCUT2D eigenvalue weighted by molar-refractivity contribution is 9.10. The summed E-state index contributed by atoms with van der Waals surface area (Å²) in [7, 11) is -3.29. The molecule has 0 radical (unpaired) electrons. The molecule has 0 atom stereocenters. The largest absolute Gasteiger partial charge is 0.618 e. The average Bonchev–Trinajstić information content (AvgIpc) is 2.97. The van der Waals surface area contributed by atoms with Crippen molar-refractivity contribution in [3.05, 3.63) is 68.6 Å². The topological polar surface area (TPSA) is 136 Å². The second-order valence-electron chi connectivity index (χ2n) is 10.8. The molecule has 0 saturated carbocycles. The molecule has 1 aromatic heterocycles. The van der Waals surface area contributed by atoms with Crippen molar-refractivity contribution in [2.75, 3.05) is 39.9 Å². The summed E-state index contributed by atoms with van der Waals surface area (Å²) in [5.74, 6) is 0.337. The van der Waals surface area contributed by atoms with Gasteiger partial charge in [-0.3, -0.25) is 18.4 Å². The maximum Gasteiger partial charge on any atom is 0.397 e. The molecule has 0 unspecified atom stereocenters. The Kier molecular flexibility index (Phi) is 11.9. The van der Waals surface area contributed by atoms with Crippen molar-refractivity contribution in [2.24, 2.45) is 11.1 Å². The Morgan fingerprint density at radius 1 is 1.14 bits per heavy atom. The first-order chi connectivity index (χ1) is 19.8. The molecule has 0 aliphatic carbocycles. The highest BCUT2D eigenvalue weighted by Crippen LogP contribution is 2.34. The summed E-state index contributed by atoms with van der Waals surface area (Å²) in [4.78, 5) is 23.3. The van der Waals surface area contributed by atoms with Crippen LogP contribution in [0.4, 0.5) is 0 Å². The van der Waals surface area contributed by atoms with E-state index in [1.165, 1.54) is 6.20 Å². The number of carbonyl (C=O) groups is 1. The number of benzene rings is 1. The fourth-order valence-corrected chi connectivity index (χ4v) is 5.83. The van der Waals surface area contributed by atoms with Gasteiger partial charge in [0.25, 0.3) is 5.91 Å². The molecule has 0 spiro atoms. The van der Waals surface area contributed by atoms with Crippen molar-refractivity contribution in [2.45, 2.75) is 58.9 Å². The standard InChI is InChI=1S/C28H37BrN4O3.CH4O4S/c1-5-36-30-26(22-6-8-24(29)9-7-22)23-11-15-32(16-12-23)28(4)13-18-31(19-14-28)27(34)25-20(2)10-17-33(35)21(25)3;1-5-6(2,3)4/h6-10,17,23H,5,11-16,18-19H2,1-4H3;1H3,(H,2,3,4)/b30-26-;. The first-order valence-electron chi connectivity index (χ1n) is 14.0. The lowest BCUT2D eigenvalue weighted by molar-refractivity contribution is -0.612. The number of halogens is 1. The minimum Gasteiger partial charge on any atom is -0.618 e. The van der Waals surface area contributed by atoms with Crippen LogP contribution in [0, 0.1) is 25.0 Å². The summed E-state index contributed by atoms with van der Waals surface area (Å²) in [6.45, 7) is 11.9. The van der Waals surface area contributed by atoms with E-state index in [4.69, 9.17) is 9.39 Å². The van der Waals surface area contributed by atoms with Gasteiger partial charge in [-0.25, -0.2) is 0 Å².